The maximum atomic E-state index is 12.0. The zero-order chi connectivity index (χ0) is 17.6. The number of benzene rings is 1. The summed E-state index contributed by atoms with van der Waals surface area (Å²) in [7, 11) is 0. The second-order valence-corrected chi connectivity index (χ2v) is 7.28. The van der Waals surface area contributed by atoms with Gasteiger partial charge in [-0.1, -0.05) is 12.1 Å². The Hall–Kier alpha value is -1.92. The van der Waals surface area contributed by atoms with E-state index in [4.69, 9.17) is 5.73 Å². The lowest BCUT2D eigenvalue weighted by atomic mass is 9.96. The maximum absolute atomic E-state index is 12.0. The number of carbonyl (C=O) groups is 2. The van der Waals surface area contributed by atoms with Crippen LogP contribution < -0.4 is 16.4 Å². The Bertz CT molecular complexity index is 607. The average molecular weight is 344 g/mol. The van der Waals surface area contributed by atoms with Crippen LogP contribution in [0, 0.1) is 11.8 Å². The summed E-state index contributed by atoms with van der Waals surface area (Å²) in [5.41, 5.74) is 7.39. The van der Waals surface area contributed by atoms with Crippen molar-refractivity contribution in [1.82, 2.24) is 10.2 Å². The molecule has 25 heavy (non-hydrogen) atoms. The highest BCUT2D eigenvalue weighted by Gasteiger charge is 2.23. The second kappa shape index (κ2) is 8.45. The summed E-state index contributed by atoms with van der Waals surface area (Å²) in [6.07, 6.45) is 4.23. The van der Waals surface area contributed by atoms with Crippen molar-refractivity contribution in [2.45, 2.75) is 32.2 Å². The van der Waals surface area contributed by atoms with Gasteiger partial charge in [0.25, 0.3) is 0 Å². The molecule has 2 amide bonds. The molecule has 0 spiro atoms. The van der Waals surface area contributed by atoms with Gasteiger partial charge in [0.15, 0.2) is 0 Å². The lowest BCUT2D eigenvalue weighted by Crippen LogP contribution is -2.38. The zero-order valence-corrected chi connectivity index (χ0v) is 14.7. The molecule has 4 N–H and O–H groups in total. The molecule has 1 aliphatic heterocycles. The number of anilines is 1. The van der Waals surface area contributed by atoms with Crippen LogP contribution in [0.15, 0.2) is 24.3 Å². The minimum absolute atomic E-state index is 0.0000671. The molecule has 3 rings (SSSR count). The fraction of sp³-hybridized carbons (Fsp3) is 0.579. The molecule has 1 saturated heterocycles. The van der Waals surface area contributed by atoms with Gasteiger partial charge < -0.3 is 16.4 Å². The quantitative estimate of drug-likeness (QED) is 0.664. The summed E-state index contributed by atoms with van der Waals surface area (Å²) >= 11 is 0. The fourth-order valence-corrected chi connectivity index (χ4v) is 3.30. The van der Waals surface area contributed by atoms with E-state index in [0.717, 1.165) is 50.6 Å². The molecule has 1 aliphatic carbocycles. The van der Waals surface area contributed by atoms with Crippen molar-refractivity contribution < 1.29 is 9.59 Å². The van der Waals surface area contributed by atoms with Crippen molar-refractivity contribution in [3.63, 3.8) is 0 Å². The number of piperidine rings is 1. The smallest absolute Gasteiger partial charge is 0.238 e. The Kier molecular flexibility index (Phi) is 6.04. The van der Waals surface area contributed by atoms with E-state index in [9.17, 15) is 9.59 Å². The summed E-state index contributed by atoms with van der Waals surface area (Å²) in [4.78, 5) is 25.6. The van der Waals surface area contributed by atoms with E-state index in [0.29, 0.717) is 6.54 Å². The highest BCUT2D eigenvalue weighted by Crippen LogP contribution is 2.27. The number of hydrogen-bond acceptors (Lipinski definition) is 4. The number of carbonyl (C=O) groups excluding carboxylic acids is 2. The Morgan fingerprint density at radius 1 is 1.16 bits per heavy atom. The third-order valence-corrected chi connectivity index (χ3v) is 5.02. The normalized spacial score (nSPS) is 18.9. The molecule has 6 heteroatoms. The first kappa shape index (κ1) is 17.9. The average Bonchev–Trinajstić information content (AvgIpc) is 3.40. The fourth-order valence-electron chi connectivity index (χ4n) is 3.30. The highest BCUT2D eigenvalue weighted by atomic mass is 16.2. The summed E-state index contributed by atoms with van der Waals surface area (Å²) in [5.74, 6) is 0.611. The van der Waals surface area contributed by atoms with Gasteiger partial charge in [0, 0.05) is 18.2 Å². The first-order chi connectivity index (χ1) is 12.1. The standard InChI is InChI=1S/C19H28N4O2/c20-19(25)16-6-8-23(9-7-16)13-15-2-1-3-17(10-15)22-18(24)12-21-11-14-4-5-14/h1-3,10,14,16,21H,4-9,11-13H2,(H2,20,25)(H,22,24). The number of likely N-dealkylation sites (tertiary alicyclic amines) is 1. The van der Waals surface area contributed by atoms with Gasteiger partial charge in [-0.05, 0) is 68.9 Å². The van der Waals surface area contributed by atoms with Crippen molar-refractivity contribution in [3.05, 3.63) is 29.8 Å². The van der Waals surface area contributed by atoms with E-state index < -0.39 is 0 Å². The topological polar surface area (TPSA) is 87.5 Å². The van der Waals surface area contributed by atoms with Crippen LogP contribution in [-0.2, 0) is 16.1 Å². The molecule has 1 aromatic carbocycles. The first-order valence-electron chi connectivity index (χ1n) is 9.21. The summed E-state index contributed by atoms with van der Waals surface area (Å²) in [6.45, 7) is 3.90. The summed E-state index contributed by atoms with van der Waals surface area (Å²) < 4.78 is 0. The Labute approximate surface area is 149 Å². The molecule has 1 heterocycles. The lowest BCUT2D eigenvalue weighted by molar-refractivity contribution is -0.123. The lowest BCUT2D eigenvalue weighted by Gasteiger charge is -2.30. The van der Waals surface area contributed by atoms with Gasteiger partial charge >= 0.3 is 0 Å². The van der Waals surface area contributed by atoms with Crippen LogP contribution in [0.5, 0.6) is 0 Å². The zero-order valence-electron chi connectivity index (χ0n) is 14.7. The molecular weight excluding hydrogens is 316 g/mol. The van der Waals surface area contributed by atoms with E-state index in [1.54, 1.807) is 0 Å². The monoisotopic (exact) mass is 344 g/mol. The van der Waals surface area contributed by atoms with Crippen LogP contribution in [-0.4, -0.2) is 42.9 Å². The highest BCUT2D eigenvalue weighted by molar-refractivity contribution is 5.92. The van der Waals surface area contributed by atoms with E-state index in [-0.39, 0.29) is 17.7 Å². The van der Waals surface area contributed by atoms with Gasteiger partial charge in [-0.25, -0.2) is 0 Å². The van der Waals surface area contributed by atoms with Gasteiger partial charge in [0.05, 0.1) is 6.54 Å². The van der Waals surface area contributed by atoms with Gasteiger partial charge in [-0.2, -0.15) is 0 Å². The Balaban J connectivity index is 1.44. The molecule has 1 saturated carbocycles. The molecule has 0 atom stereocenters. The van der Waals surface area contributed by atoms with E-state index in [1.165, 1.54) is 18.4 Å². The van der Waals surface area contributed by atoms with Gasteiger partial charge in [-0.15, -0.1) is 0 Å². The molecule has 6 nitrogen and oxygen atoms in total. The van der Waals surface area contributed by atoms with E-state index in [1.807, 2.05) is 18.2 Å². The van der Waals surface area contributed by atoms with Gasteiger partial charge in [0.1, 0.15) is 0 Å². The maximum Gasteiger partial charge on any atom is 0.238 e. The van der Waals surface area contributed by atoms with Gasteiger partial charge in [0.2, 0.25) is 11.8 Å². The molecule has 0 bridgehead atoms. The minimum atomic E-state index is -0.181. The van der Waals surface area contributed by atoms with Gasteiger partial charge in [-0.3, -0.25) is 14.5 Å². The predicted octanol–water partition coefficient (Wildman–Crippen LogP) is 1.32. The molecule has 2 aliphatic rings. The first-order valence-corrected chi connectivity index (χ1v) is 9.21. The Morgan fingerprint density at radius 2 is 1.92 bits per heavy atom. The molecule has 0 aromatic heterocycles. The van der Waals surface area contributed by atoms with Crippen molar-refractivity contribution >= 4 is 17.5 Å². The number of nitrogens with two attached hydrogens (primary N) is 1. The largest absolute Gasteiger partial charge is 0.369 e. The molecule has 0 radical (unpaired) electrons. The van der Waals surface area contributed by atoms with Crippen LogP contribution in [0.1, 0.15) is 31.2 Å². The molecule has 2 fully saturated rings. The number of nitrogens with zero attached hydrogens (tertiary/aromatic N) is 1. The third kappa shape index (κ3) is 5.83. The van der Waals surface area contributed by atoms with Crippen LogP contribution in [0.4, 0.5) is 5.69 Å². The number of primary amides is 1. The summed E-state index contributed by atoms with van der Waals surface area (Å²) in [5, 5.41) is 6.16. The molecule has 0 unspecified atom stereocenters. The SMILES string of the molecule is NC(=O)C1CCN(Cc2cccc(NC(=O)CNCC3CC3)c2)CC1. The summed E-state index contributed by atoms with van der Waals surface area (Å²) in [6, 6.07) is 7.99. The number of rotatable bonds is 8. The molecular formula is C19H28N4O2. The number of nitrogens with one attached hydrogen (secondary N) is 2. The van der Waals surface area contributed by atoms with Crippen LogP contribution in [0.3, 0.4) is 0 Å². The van der Waals surface area contributed by atoms with E-state index in [2.05, 4.69) is 21.6 Å². The van der Waals surface area contributed by atoms with E-state index >= 15 is 0 Å². The minimum Gasteiger partial charge on any atom is -0.369 e. The van der Waals surface area contributed by atoms with Crippen molar-refractivity contribution in [2.24, 2.45) is 17.6 Å². The Morgan fingerprint density at radius 3 is 2.60 bits per heavy atom. The van der Waals surface area contributed by atoms with Crippen molar-refractivity contribution in [1.29, 1.82) is 0 Å². The van der Waals surface area contributed by atoms with Crippen LogP contribution in [0.25, 0.3) is 0 Å². The number of amides is 2. The molecule has 1 aromatic rings. The molecule has 136 valence electrons. The van der Waals surface area contributed by atoms with Crippen molar-refractivity contribution in [3.8, 4) is 0 Å². The third-order valence-electron chi connectivity index (χ3n) is 5.02. The van der Waals surface area contributed by atoms with Crippen molar-refractivity contribution in [2.75, 3.05) is 31.5 Å². The number of hydrogen-bond donors (Lipinski definition) is 3. The van der Waals surface area contributed by atoms with Crippen LogP contribution in [0.2, 0.25) is 0 Å². The van der Waals surface area contributed by atoms with Crippen LogP contribution >= 0.6 is 0 Å². The predicted molar refractivity (Wildman–Crippen MR) is 97.9 cm³/mol. The second-order valence-electron chi connectivity index (χ2n) is 7.28.